The summed E-state index contributed by atoms with van der Waals surface area (Å²) < 4.78 is 26.4. The molecule has 2 heterocycles. The van der Waals surface area contributed by atoms with Crippen molar-refractivity contribution in [3.05, 3.63) is 57.6 Å². The largest absolute Gasteiger partial charge is 0.348 e. The normalized spacial score (nSPS) is 11.8. The fraction of sp³-hybridized carbons (Fsp3) is 0.167. The van der Waals surface area contributed by atoms with Gasteiger partial charge in [0.05, 0.1) is 18.2 Å². The van der Waals surface area contributed by atoms with Crippen molar-refractivity contribution in [3.8, 4) is 11.3 Å². The van der Waals surface area contributed by atoms with E-state index in [1.165, 1.54) is 35.7 Å². The summed E-state index contributed by atoms with van der Waals surface area (Å²) in [6.07, 6.45) is 0.0557. The molecule has 0 fully saturated rings. The van der Waals surface area contributed by atoms with E-state index in [4.69, 9.17) is 0 Å². The van der Waals surface area contributed by atoms with Crippen LogP contribution in [0.1, 0.15) is 24.3 Å². The topological polar surface area (TPSA) is 71.1 Å². The Morgan fingerprint density at radius 3 is 2.67 bits per heavy atom. The van der Waals surface area contributed by atoms with Gasteiger partial charge in [0.1, 0.15) is 0 Å². The number of rotatable bonds is 6. The molecule has 3 aromatic rings. The average molecular weight is 407 g/mol. The van der Waals surface area contributed by atoms with Gasteiger partial charge >= 0.3 is 0 Å². The van der Waals surface area contributed by atoms with Crippen LogP contribution in [0, 0.1) is 11.6 Å². The molecular formula is C18H15F2N3O2S2. The summed E-state index contributed by atoms with van der Waals surface area (Å²) in [6, 6.07) is 6.78. The van der Waals surface area contributed by atoms with Gasteiger partial charge < -0.3 is 10.6 Å². The lowest BCUT2D eigenvalue weighted by Gasteiger charge is -2.15. The number of thiophene rings is 1. The molecule has 0 saturated carbocycles. The van der Waals surface area contributed by atoms with Crippen molar-refractivity contribution in [2.24, 2.45) is 0 Å². The molecule has 0 saturated heterocycles. The first-order valence-corrected chi connectivity index (χ1v) is 9.69. The van der Waals surface area contributed by atoms with Crippen LogP contribution in [0.3, 0.4) is 0 Å². The molecule has 3 rings (SSSR count). The standard InChI is InChI=1S/C18H15F2N3O2S2/c1-10(24)21-14(16-3-2-6-26-16)8-17(25)23-18-22-15(9-27-18)11-4-5-12(19)13(20)7-11/h2-7,9,14H,8H2,1H3,(H,21,24)(H,22,23,25). The van der Waals surface area contributed by atoms with Gasteiger partial charge in [0.15, 0.2) is 16.8 Å². The predicted molar refractivity (Wildman–Crippen MR) is 102 cm³/mol. The molecule has 5 nitrogen and oxygen atoms in total. The molecule has 2 amide bonds. The minimum Gasteiger partial charge on any atom is -0.348 e. The van der Waals surface area contributed by atoms with Crippen LogP contribution >= 0.6 is 22.7 Å². The van der Waals surface area contributed by atoms with Gasteiger partial charge in [-0.2, -0.15) is 0 Å². The van der Waals surface area contributed by atoms with Crippen LogP contribution in [0.25, 0.3) is 11.3 Å². The second-order valence-corrected chi connectivity index (χ2v) is 7.52. The van der Waals surface area contributed by atoms with Crippen molar-refractivity contribution in [2.75, 3.05) is 5.32 Å². The summed E-state index contributed by atoms with van der Waals surface area (Å²) in [5.74, 6) is -2.43. The first kappa shape index (κ1) is 19.1. The lowest BCUT2D eigenvalue weighted by Crippen LogP contribution is -2.29. The third-order valence-corrected chi connectivity index (χ3v) is 5.36. The summed E-state index contributed by atoms with van der Waals surface area (Å²) in [4.78, 5) is 28.9. The minimum absolute atomic E-state index is 0.0557. The van der Waals surface area contributed by atoms with Crippen LogP contribution < -0.4 is 10.6 Å². The number of anilines is 1. The Morgan fingerprint density at radius 1 is 1.19 bits per heavy atom. The van der Waals surface area contributed by atoms with Gasteiger partial charge in [0, 0.05) is 22.7 Å². The van der Waals surface area contributed by atoms with E-state index in [0.29, 0.717) is 16.4 Å². The number of amides is 2. The van der Waals surface area contributed by atoms with Crippen LogP contribution in [-0.4, -0.2) is 16.8 Å². The number of nitrogens with one attached hydrogen (secondary N) is 2. The smallest absolute Gasteiger partial charge is 0.228 e. The number of halogens is 2. The van der Waals surface area contributed by atoms with Crippen molar-refractivity contribution in [2.45, 2.75) is 19.4 Å². The molecule has 1 unspecified atom stereocenters. The van der Waals surface area contributed by atoms with Crippen molar-refractivity contribution in [1.29, 1.82) is 0 Å². The highest BCUT2D eigenvalue weighted by molar-refractivity contribution is 7.14. The van der Waals surface area contributed by atoms with Crippen LogP contribution in [0.15, 0.2) is 41.1 Å². The summed E-state index contributed by atoms with van der Waals surface area (Å²) in [5.41, 5.74) is 0.853. The Labute approximate surface area is 162 Å². The van der Waals surface area contributed by atoms with Crippen LogP contribution in [-0.2, 0) is 9.59 Å². The maximum Gasteiger partial charge on any atom is 0.228 e. The zero-order valence-corrected chi connectivity index (χ0v) is 15.8. The molecule has 1 aromatic carbocycles. The second-order valence-electron chi connectivity index (χ2n) is 5.69. The highest BCUT2D eigenvalue weighted by Crippen LogP contribution is 2.27. The third-order valence-electron chi connectivity index (χ3n) is 3.62. The van der Waals surface area contributed by atoms with Crippen molar-refractivity contribution in [1.82, 2.24) is 10.3 Å². The molecule has 0 radical (unpaired) electrons. The van der Waals surface area contributed by atoms with Gasteiger partial charge in [-0.15, -0.1) is 22.7 Å². The zero-order valence-electron chi connectivity index (χ0n) is 14.2. The monoisotopic (exact) mass is 407 g/mol. The van der Waals surface area contributed by atoms with Crippen molar-refractivity contribution in [3.63, 3.8) is 0 Å². The lowest BCUT2D eigenvalue weighted by atomic mass is 10.1. The van der Waals surface area contributed by atoms with Gasteiger partial charge in [-0.05, 0) is 29.6 Å². The molecule has 27 heavy (non-hydrogen) atoms. The highest BCUT2D eigenvalue weighted by atomic mass is 32.1. The summed E-state index contributed by atoms with van der Waals surface area (Å²) in [5, 5.41) is 9.29. The van der Waals surface area contributed by atoms with E-state index < -0.39 is 17.7 Å². The molecular weight excluding hydrogens is 392 g/mol. The van der Waals surface area contributed by atoms with Gasteiger partial charge in [0.25, 0.3) is 0 Å². The zero-order chi connectivity index (χ0) is 19.4. The van der Waals surface area contributed by atoms with Crippen molar-refractivity contribution >= 4 is 39.6 Å². The third kappa shape index (κ3) is 4.95. The molecule has 2 N–H and O–H groups in total. The first-order valence-electron chi connectivity index (χ1n) is 7.93. The molecule has 2 aromatic heterocycles. The van der Waals surface area contributed by atoms with Crippen LogP contribution in [0.5, 0.6) is 0 Å². The number of benzene rings is 1. The van der Waals surface area contributed by atoms with E-state index in [-0.39, 0.29) is 18.2 Å². The average Bonchev–Trinajstić information content (AvgIpc) is 3.28. The van der Waals surface area contributed by atoms with Crippen LogP contribution in [0.4, 0.5) is 13.9 Å². The van der Waals surface area contributed by atoms with E-state index in [9.17, 15) is 18.4 Å². The summed E-state index contributed by atoms with van der Waals surface area (Å²) in [6.45, 7) is 1.40. The SMILES string of the molecule is CC(=O)NC(CC(=O)Nc1nc(-c2ccc(F)c(F)c2)cs1)c1cccs1. The molecule has 140 valence electrons. The Bertz CT molecular complexity index is 957. The summed E-state index contributed by atoms with van der Waals surface area (Å²) in [7, 11) is 0. The van der Waals surface area contributed by atoms with E-state index in [0.717, 1.165) is 17.0 Å². The van der Waals surface area contributed by atoms with Crippen LogP contribution in [0.2, 0.25) is 0 Å². The van der Waals surface area contributed by atoms with Crippen molar-refractivity contribution < 1.29 is 18.4 Å². The van der Waals surface area contributed by atoms with Gasteiger partial charge in [-0.25, -0.2) is 13.8 Å². The molecule has 0 bridgehead atoms. The molecule has 0 spiro atoms. The Kier molecular flexibility index (Phi) is 5.92. The Balaban J connectivity index is 1.68. The number of hydrogen-bond donors (Lipinski definition) is 2. The fourth-order valence-corrected chi connectivity index (χ4v) is 3.95. The lowest BCUT2D eigenvalue weighted by molar-refractivity contribution is -0.120. The molecule has 9 heteroatoms. The van der Waals surface area contributed by atoms with Gasteiger partial charge in [-0.1, -0.05) is 6.07 Å². The quantitative estimate of drug-likeness (QED) is 0.638. The number of carbonyl (C=O) groups excluding carboxylic acids is 2. The highest BCUT2D eigenvalue weighted by Gasteiger charge is 2.19. The summed E-state index contributed by atoms with van der Waals surface area (Å²) >= 11 is 2.63. The minimum atomic E-state index is -0.958. The van der Waals surface area contributed by atoms with E-state index in [2.05, 4.69) is 15.6 Å². The van der Waals surface area contributed by atoms with E-state index in [1.807, 2.05) is 17.5 Å². The number of thiazole rings is 1. The maximum atomic E-state index is 13.4. The van der Waals surface area contributed by atoms with E-state index >= 15 is 0 Å². The maximum absolute atomic E-state index is 13.4. The predicted octanol–water partition coefficient (Wildman–Crippen LogP) is 4.36. The number of hydrogen-bond acceptors (Lipinski definition) is 5. The van der Waals surface area contributed by atoms with Gasteiger partial charge in [-0.3, -0.25) is 9.59 Å². The van der Waals surface area contributed by atoms with Gasteiger partial charge in [0.2, 0.25) is 11.8 Å². The Morgan fingerprint density at radius 2 is 2.00 bits per heavy atom. The molecule has 0 aliphatic rings. The number of aromatic nitrogens is 1. The molecule has 1 atom stereocenters. The first-order chi connectivity index (χ1) is 12.9. The second kappa shape index (κ2) is 8.36. The number of carbonyl (C=O) groups is 2. The molecule has 0 aliphatic heterocycles. The fourth-order valence-electron chi connectivity index (χ4n) is 2.43. The Hall–Kier alpha value is -2.65. The molecule has 0 aliphatic carbocycles. The number of nitrogens with zero attached hydrogens (tertiary/aromatic N) is 1. The van der Waals surface area contributed by atoms with E-state index in [1.54, 1.807) is 5.38 Å².